The van der Waals surface area contributed by atoms with E-state index in [2.05, 4.69) is 48.1 Å². The molecule has 0 aliphatic heterocycles. The Kier molecular flexibility index (Phi) is 6.60. The van der Waals surface area contributed by atoms with Crippen LogP contribution in [0.5, 0.6) is 0 Å². The highest BCUT2D eigenvalue weighted by Gasteiger charge is 2.07. The van der Waals surface area contributed by atoms with Crippen LogP contribution in [0.4, 0.5) is 0 Å². The van der Waals surface area contributed by atoms with Crippen LogP contribution in [0.1, 0.15) is 45.3 Å². The van der Waals surface area contributed by atoms with E-state index in [4.69, 9.17) is 11.6 Å². The van der Waals surface area contributed by atoms with Crippen LogP contribution in [-0.2, 0) is 6.54 Å². The molecular formula is C13H24ClN3. The number of hydrogen-bond acceptors (Lipinski definition) is 2. The summed E-state index contributed by atoms with van der Waals surface area (Å²) >= 11 is 5.76. The van der Waals surface area contributed by atoms with E-state index in [-0.39, 0.29) is 0 Å². The molecule has 3 nitrogen and oxygen atoms in total. The zero-order chi connectivity index (χ0) is 12.7. The number of rotatable bonds is 8. The molecule has 1 aromatic heterocycles. The van der Waals surface area contributed by atoms with Crippen LogP contribution in [0.2, 0.25) is 0 Å². The van der Waals surface area contributed by atoms with E-state index in [0.717, 1.165) is 31.6 Å². The van der Waals surface area contributed by atoms with Crippen LogP contribution >= 0.6 is 11.6 Å². The topological polar surface area (TPSA) is 29.9 Å². The lowest BCUT2D eigenvalue weighted by atomic mass is 10.2. The average molecular weight is 258 g/mol. The molecule has 0 aliphatic carbocycles. The molecule has 0 saturated carbocycles. The van der Waals surface area contributed by atoms with Crippen molar-refractivity contribution in [3.8, 4) is 0 Å². The molecule has 0 aromatic carbocycles. The van der Waals surface area contributed by atoms with E-state index in [1.54, 1.807) is 0 Å². The standard InChI is InChI=1S/C13H24ClN3/c1-4-13(5-2)17-7-6-12(16-17)10-15-9-11(3)8-14/h6-7,11,13,15H,4-5,8-10H2,1-3H3. The summed E-state index contributed by atoms with van der Waals surface area (Å²) < 4.78 is 2.09. The van der Waals surface area contributed by atoms with Gasteiger partial charge in [0.2, 0.25) is 0 Å². The molecule has 17 heavy (non-hydrogen) atoms. The molecule has 1 atom stereocenters. The fourth-order valence-electron chi connectivity index (χ4n) is 1.84. The summed E-state index contributed by atoms with van der Waals surface area (Å²) in [6.45, 7) is 8.32. The van der Waals surface area contributed by atoms with Crippen LogP contribution in [-0.4, -0.2) is 22.2 Å². The van der Waals surface area contributed by atoms with Gasteiger partial charge >= 0.3 is 0 Å². The van der Waals surface area contributed by atoms with Gasteiger partial charge in [-0.1, -0.05) is 20.8 Å². The Bertz CT molecular complexity index is 307. The predicted molar refractivity (Wildman–Crippen MR) is 73.4 cm³/mol. The lowest BCUT2D eigenvalue weighted by Gasteiger charge is -2.12. The molecule has 0 bridgehead atoms. The summed E-state index contributed by atoms with van der Waals surface area (Å²) in [6, 6.07) is 2.63. The van der Waals surface area contributed by atoms with Crippen LogP contribution in [0.25, 0.3) is 0 Å². The Morgan fingerprint density at radius 2 is 2.12 bits per heavy atom. The predicted octanol–water partition coefficient (Wildman–Crippen LogP) is 3.21. The molecule has 4 heteroatoms. The van der Waals surface area contributed by atoms with E-state index in [0.29, 0.717) is 17.8 Å². The zero-order valence-electron chi connectivity index (χ0n) is 11.1. The fraction of sp³-hybridized carbons (Fsp3) is 0.769. The first kappa shape index (κ1) is 14.5. The molecule has 1 unspecified atom stereocenters. The smallest absolute Gasteiger partial charge is 0.0762 e. The molecule has 0 radical (unpaired) electrons. The van der Waals surface area contributed by atoms with Gasteiger partial charge in [0.15, 0.2) is 0 Å². The summed E-state index contributed by atoms with van der Waals surface area (Å²) in [4.78, 5) is 0. The van der Waals surface area contributed by atoms with E-state index in [1.807, 2.05) is 0 Å². The van der Waals surface area contributed by atoms with Gasteiger partial charge in [-0.15, -0.1) is 11.6 Å². The maximum atomic E-state index is 5.76. The molecule has 1 heterocycles. The van der Waals surface area contributed by atoms with Gasteiger partial charge in [-0.3, -0.25) is 4.68 Å². The summed E-state index contributed by atoms with van der Waals surface area (Å²) in [6.07, 6.45) is 4.35. The third-order valence-corrected chi connectivity index (χ3v) is 3.57. The molecule has 0 amide bonds. The third kappa shape index (κ3) is 4.68. The lowest BCUT2D eigenvalue weighted by molar-refractivity contribution is 0.423. The molecule has 1 aromatic rings. The molecular weight excluding hydrogens is 234 g/mol. The summed E-state index contributed by atoms with van der Waals surface area (Å²) in [5.41, 5.74) is 1.11. The minimum atomic E-state index is 0.512. The fourth-order valence-corrected chi connectivity index (χ4v) is 1.95. The molecule has 0 spiro atoms. The summed E-state index contributed by atoms with van der Waals surface area (Å²) in [7, 11) is 0. The maximum Gasteiger partial charge on any atom is 0.0762 e. The SMILES string of the molecule is CCC(CC)n1ccc(CNCC(C)CCl)n1. The first-order chi connectivity index (χ1) is 8.21. The van der Waals surface area contributed by atoms with Gasteiger partial charge in [0.25, 0.3) is 0 Å². The van der Waals surface area contributed by atoms with Crippen molar-refractivity contribution in [2.45, 2.75) is 46.2 Å². The Morgan fingerprint density at radius 3 is 2.71 bits per heavy atom. The van der Waals surface area contributed by atoms with Crippen molar-refractivity contribution < 1.29 is 0 Å². The van der Waals surface area contributed by atoms with Gasteiger partial charge in [-0.2, -0.15) is 5.10 Å². The van der Waals surface area contributed by atoms with Gasteiger partial charge in [-0.05, 0) is 31.4 Å². The highest BCUT2D eigenvalue weighted by molar-refractivity contribution is 6.18. The van der Waals surface area contributed by atoms with E-state index in [9.17, 15) is 0 Å². The molecule has 98 valence electrons. The van der Waals surface area contributed by atoms with E-state index >= 15 is 0 Å². The molecule has 0 saturated heterocycles. The van der Waals surface area contributed by atoms with Gasteiger partial charge in [0, 0.05) is 18.6 Å². The Balaban J connectivity index is 2.40. The molecule has 0 fully saturated rings. The van der Waals surface area contributed by atoms with Crippen LogP contribution in [0.3, 0.4) is 0 Å². The number of halogens is 1. The maximum absolute atomic E-state index is 5.76. The monoisotopic (exact) mass is 257 g/mol. The number of nitrogens with zero attached hydrogens (tertiary/aromatic N) is 2. The van der Waals surface area contributed by atoms with Crippen LogP contribution < -0.4 is 5.32 Å². The zero-order valence-corrected chi connectivity index (χ0v) is 11.9. The van der Waals surface area contributed by atoms with Crippen LogP contribution in [0, 0.1) is 5.92 Å². The van der Waals surface area contributed by atoms with E-state index in [1.165, 1.54) is 0 Å². The van der Waals surface area contributed by atoms with Crippen molar-refractivity contribution >= 4 is 11.6 Å². The van der Waals surface area contributed by atoms with E-state index < -0.39 is 0 Å². The third-order valence-electron chi connectivity index (χ3n) is 3.04. The van der Waals surface area contributed by atoms with Gasteiger partial charge < -0.3 is 5.32 Å². The van der Waals surface area contributed by atoms with Gasteiger partial charge in [-0.25, -0.2) is 0 Å². The second-order valence-corrected chi connectivity index (χ2v) is 4.96. The first-order valence-electron chi connectivity index (χ1n) is 6.51. The normalized spacial score (nSPS) is 13.2. The average Bonchev–Trinajstić information content (AvgIpc) is 2.79. The minimum absolute atomic E-state index is 0.512. The van der Waals surface area contributed by atoms with Crippen molar-refractivity contribution in [2.75, 3.05) is 12.4 Å². The van der Waals surface area contributed by atoms with Crippen molar-refractivity contribution in [3.63, 3.8) is 0 Å². The highest BCUT2D eigenvalue weighted by Crippen LogP contribution is 2.14. The summed E-state index contributed by atoms with van der Waals surface area (Å²) in [5.74, 6) is 1.22. The second-order valence-electron chi connectivity index (χ2n) is 4.65. The quantitative estimate of drug-likeness (QED) is 0.725. The Hall–Kier alpha value is -0.540. The summed E-state index contributed by atoms with van der Waals surface area (Å²) in [5, 5.41) is 7.98. The number of aromatic nitrogens is 2. The molecule has 0 aliphatic rings. The lowest BCUT2D eigenvalue weighted by Crippen LogP contribution is -2.22. The second kappa shape index (κ2) is 7.72. The van der Waals surface area contributed by atoms with Crippen molar-refractivity contribution in [3.05, 3.63) is 18.0 Å². The highest BCUT2D eigenvalue weighted by atomic mass is 35.5. The Morgan fingerprint density at radius 1 is 1.41 bits per heavy atom. The molecule has 1 rings (SSSR count). The number of nitrogens with one attached hydrogen (secondary N) is 1. The van der Waals surface area contributed by atoms with Crippen molar-refractivity contribution in [1.82, 2.24) is 15.1 Å². The van der Waals surface area contributed by atoms with Gasteiger partial charge in [0.05, 0.1) is 11.7 Å². The van der Waals surface area contributed by atoms with Crippen molar-refractivity contribution in [2.24, 2.45) is 5.92 Å². The number of hydrogen-bond donors (Lipinski definition) is 1. The largest absolute Gasteiger partial charge is 0.311 e. The number of alkyl halides is 1. The first-order valence-corrected chi connectivity index (χ1v) is 7.05. The van der Waals surface area contributed by atoms with Crippen molar-refractivity contribution in [1.29, 1.82) is 0 Å². The van der Waals surface area contributed by atoms with Gasteiger partial charge in [0.1, 0.15) is 0 Å². The molecule has 1 N–H and O–H groups in total. The Labute approximate surface area is 110 Å². The van der Waals surface area contributed by atoms with Crippen LogP contribution in [0.15, 0.2) is 12.3 Å². The minimum Gasteiger partial charge on any atom is -0.311 e.